The van der Waals surface area contributed by atoms with Crippen molar-refractivity contribution in [3.63, 3.8) is 0 Å². The van der Waals surface area contributed by atoms with E-state index in [4.69, 9.17) is 17.3 Å². The quantitative estimate of drug-likeness (QED) is 0.812. The van der Waals surface area contributed by atoms with Crippen LogP contribution in [0.3, 0.4) is 0 Å². The highest BCUT2D eigenvalue weighted by atomic mass is 79.9. The molecule has 106 valence electrons. The van der Waals surface area contributed by atoms with Crippen LogP contribution in [0.2, 0.25) is 5.02 Å². The molecule has 6 heteroatoms. The number of hydrogen-bond donors (Lipinski definition) is 1. The topological polar surface area (TPSA) is 51.8 Å². The summed E-state index contributed by atoms with van der Waals surface area (Å²) in [5, 5.41) is 0.0323. The predicted octanol–water partition coefficient (Wildman–Crippen LogP) is 4.58. The first kappa shape index (κ1) is 15.2. The van der Waals surface area contributed by atoms with Crippen molar-refractivity contribution >= 4 is 33.3 Å². The highest BCUT2D eigenvalue weighted by Gasteiger charge is 2.22. The van der Waals surface area contributed by atoms with Crippen LogP contribution in [0.15, 0.2) is 22.7 Å². The fourth-order valence-corrected chi connectivity index (χ4v) is 2.68. The van der Waals surface area contributed by atoms with E-state index in [-0.39, 0.29) is 10.4 Å². The van der Waals surface area contributed by atoms with Gasteiger partial charge in [0.05, 0.1) is 15.2 Å². The van der Waals surface area contributed by atoms with E-state index in [0.717, 1.165) is 5.69 Å². The molecule has 3 nitrogen and oxygen atoms in total. The maximum atomic E-state index is 13.2. The fraction of sp³-hybridized carbons (Fsp3) is 0.286. The molecule has 0 unspecified atom stereocenters. The average Bonchev–Trinajstić information content (AvgIpc) is 2.34. The summed E-state index contributed by atoms with van der Waals surface area (Å²) in [5.41, 5.74) is 7.14. The van der Waals surface area contributed by atoms with E-state index in [2.05, 4.69) is 25.9 Å². The van der Waals surface area contributed by atoms with Crippen molar-refractivity contribution < 1.29 is 4.39 Å². The highest BCUT2D eigenvalue weighted by Crippen LogP contribution is 2.33. The Kier molecular flexibility index (Phi) is 4.02. The van der Waals surface area contributed by atoms with Crippen LogP contribution >= 0.6 is 27.5 Å². The number of nitrogen functional groups attached to an aromatic ring is 1. The number of hydrogen-bond acceptors (Lipinski definition) is 3. The van der Waals surface area contributed by atoms with Crippen LogP contribution in [-0.4, -0.2) is 9.97 Å². The predicted molar refractivity (Wildman–Crippen MR) is 83.2 cm³/mol. The lowest BCUT2D eigenvalue weighted by molar-refractivity contribution is 0.564. The molecule has 1 heterocycles. The number of anilines is 1. The van der Waals surface area contributed by atoms with Crippen molar-refractivity contribution in [2.45, 2.75) is 26.2 Å². The normalized spacial score (nSPS) is 11.7. The van der Waals surface area contributed by atoms with Gasteiger partial charge in [-0.05, 0) is 34.1 Å². The maximum absolute atomic E-state index is 13.2. The minimum atomic E-state index is -0.475. The van der Waals surface area contributed by atoms with Gasteiger partial charge < -0.3 is 5.73 Å². The molecule has 0 bridgehead atoms. The Morgan fingerprint density at radius 3 is 2.45 bits per heavy atom. The van der Waals surface area contributed by atoms with Crippen molar-refractivity contribution in [2.75, 3.05) is 5.73 Å². The second-order valence-corrected chi connectivity index (χ2v) is 6.67. The molecule has 0 atom stereocenters. The number of halogens is 3. The van der Waals surface area contributed by atoms with Crippen LogP contribution in [0.25, 0.3) is 11.4 Å². The Bertz CT molecular complexity index is 668. The van der Waals surface area contributed by atoms with Crippen molar-refractivity contribution in [3.05, 3.63) is 39.2 Å². The molecule has 2 aromatic rings. The van der Waals surface area contributed by atoms with Crippen LogP contribution in [-0.2, 0) is 5.41 Å². The van der Waals surface area contributed by atoms with Gasteiger partial charge in [-0.3, -0.25) is 0 Å². The SMILES string of the molecule is CC(C)(C)c1nc(-c2ccc(F)c(Cl)c2)nc(N)c1Br. The number of nitrogens with two attached hydrogens (primary N) is 1. The third kappa shape index (κ3) is 2.94. The number of rotatable bonds is 1. The van der Waals surface area contributed by atoms with Crippen molar-refractivity contribution in [3.8, 4) is 11.4 Å². The Balaban J connectivity index is 2.63. The molecule has 0 radical (unpaired) electrons. The Morgan fingerprint density at radius 1 is 1.25 bits per heavy atom. The van der Waals surface area contributed by atoms with Crippen LogP contribution in [0.4, 0.5) is 10.2 Å². The lowest BCUT2D eigenvalue weighted by Crippen LogP contribution is -2.17. The number of benzene rings is 1. The van der Waals surface area contributed by atoms with Crippen molar-refractivity contribution in [1.82, 2.24) is 9.97 Å². The summed E-state index contributed by atoms with van der Waals surface area (Å²) in [6.45, 7) is 6.09. The number of nitrogens with zero attached hydrogens (tertiary/aromatic N) is 2. The third-order valence-corrected chi connectivity index (χ3v) is 3.84. The Labute approximate surface area is 130 Å². The zero-order valence-corrected chi connectivity index (χ0v) is 13.7. The molecule has 0 aliphatic rings. The monoisotopic (exact) mass is 357 g/mol. The molecule has 0 saturated heterocycles. The standard InChI is InChI=1S/C14H14BrClFN3/c1-14(2,3)11-10(15)12(18)20-13(19-11)7-4-5-9(17)8(16)6-7/h4-6H,1-3H3,(H2,18,19,20). The van der Waals surface area contributed by atoms with Crippen molar-refractivity contribution in [1.29, 1.82) is 0 Å². The van der Waals surface area contributed by atoms with E-state index in [0.29, 0.717) is 21.7 Å². The second kappa shape index (κ2) is 5.30. The molecule has 1 aromatic heterocycles. The molecule has 2 N–H and O–H groups in total. The Hall–Kier alpha value is -1.20. The van der Waals surface area contributed by atoms with Gasteiger partial charge in [0.15, 0.2) is 5.82 Å². The average molecular weight is 359 g/mol. The van der Waals surface area contributed by atoms with Gasteiger partial charge in [0.2, 0.25) is 0 Å². The van der Waals surface area contributed by atoms with E-state index >= 15 is 0 Å². The molecule has 0 spiro atoms. The van der Waals surface area contributed by atoms with Gasteiger partial charge in [-0.2, -0.15) is 0 Å². The third-order valence-electron chi connectivity index (χ3n) is 2.77. The molecule has 1 aromatic carbocycles. The first-order chi connectivity index (χ1) is 9.20. The molecule has 2 rings (SSSR count). The first-order valence-corrected chi connectivity index (χ1v) is 7.16. The summed E-state index contributed by atoms with van der Waals surface area (Å²) in [6.07, 6.45) is 0. The molecule has 0 fully saturated rings. The summed E-state index contributed by atoms with van der Waals surface area (Å²) in [6, 6.07) is 4.36. The maximum Gasteiger partial charge on any atom is 0.161 e. The van der Waals surface area contributed by atoms with E-state index in [9.17, 15) is 4.39 Å². The molecular formula is C14H14BrClFN3. The van der Waals surface area contributed by atoms with E-state index in [1.807, 2.05) is 20.8 Å². The zero-order chi connectivity index (χ0) is 15.1. The zero-order valence-electron chi connectivity index (χ0n) is 11.3. The smallest absolute Gasteiger partial charge is 0.161 e. The van der Waals surface area contributed by atoms with Crippen LogP contribution in [0, 0.1) is 5.82 Å². The number of aromatic nitrogens is 2. The molecular weight excluding hydrogens is 345 g/mol. The first-order valence-electron chi connectivity index (χ1n) is 5.99. The fourth-order valence-electron chi connectivity index (χ4n) is 1.73. The summed E-state index contributed by atoms with van der Waals surface area (Å²) in [4.78, 5) is 8.75. The van der Waals surface area contributed by atoms with E-state index < -0.39 is 5.82 Å². The van der Waals surface area contributed by atoms with Gasteiger partial charge in [-0.15, -0.1) is 0 Å². The lowest BCUT2D eigenvalue weighted by Gasteiger charge is -2.21. The Morgan fingerprint density at radius 2 is 1.90 bits per heavy atom. The van der Waals surface area contributed by atoms with Gasteiger partial charge in [0.1, 0.15) is 11.6 Å². The van der Waals surface area contributed by atoms with E-state index in [1.54, 1.807) is 6.07 Å². The highest BCUT2D eigenvalue weighted by molar-refractivity contribution is 9.10. The minimum absolute atomic E-state index is 0.0323. The van der Waals surface area contributed by atoms with Gasteiger partial charge in [-0.25, -0.2) is 14.4 Å². The van der Waals surface area contributed by atoms with Gasteiger partial charge >= 0.3 is 0 Å². The van der Waals surface area contributed by atoms with Gasteiger partial charge in [0.25, 0.3) is 0 Å². The largest absolute Gasteiger partial charge is 0.383 e. The van der Waals surface area contributed by atoms with Gasteiger partial charge in [0, 0.05) is 11.0 Å². The summed E-state index contributed by atoms with van der Waals surface area (Å²) in [7, 11) is 0. The van der Waals surface area contributed by atoms with Crippen LogP contribution < -0.4 is 5.73 Å². The van der Waals surface area contributed by atoms with Crippen molar-refractivity contribution in [2.24, 2.45) is 0 Å². The molecule has 20 heavy (non-hydrogen) atoms. The summed E-state index contributed by atoms with van der Waals surface area (Å²) >= 11 is 9.21. The second-order valence-electron chi connectivity index (χ2n) is 5.47. The summed E-state index contributed by atoms with van der Waals surface area (Å²) in [5.74, 6) is 0.300. The van der Waals surface area contributed by atoms with Crippen LogP contribution in [0.1, 0.15) is 26.5 Å². The summed E-state index contributed by atoms with van der Waals surface area (Å²) < 4.78 is 13.9. The molecule has 0 aliphatic carbocycles. The van der Waals surface area contributed by atoms with E-state index in [1.165, 1.54) is 12.1 Å². The van der Waals surface area contributed by atoms with Crippen LogP contribution in [0.5, 0.6) is 0 Å². The molecule has 0 saturated carbocycles. The van der Waals surface area contributed by atoms with Gasteiger partial charge in [-0.1, -0.05) is 32.4 Å². The molecule has 0 amide bonds. The lowest BCUT2D eigenvalue weighted by atomic mass is 9.91. The molecule has 0 aliphatic heterocycles. The minimum Gasteiger partial charge on any atom is -0.383 e.